The van der Waals surface area contributed by atoms with Gasteiger partial charge in [-0.25, -0.2) is 4.79 Å². The summed E-state index contributed by atoms with van der Waals surface area (Å²) >= 11 is 0. The molecule has 25 heavy (non-hydrogen) atoms. The van der Waals surface area contributed by atoms with E-state index in [0.717, 1.165) is 0 Å². The van der Waals surface area contributed by atoms with Gasteiger partial charge < -0.3 is 14.2 Å². The summed E-state index contributed by atoms with van der Waals surface area (Å²) in [6, 6.07) is 8.79. The number of hydrogen-bond donors (Lipinski definition) is 0. The number of hydrogen-bond acceptors (Lipinski definition) is 4. The van der Waals surface area contributed by atoms with Crippen molar-refractivity contribution in [3.05, 3.63) is 58.4 Å². The van der Waals surface area contributed by atoms with Gasteiger partial charge in [0.15, 0.2) is 5.78 Å². The highest BCUT2D eigenvalue weighted by molar-refractivity contribution is 6.05. The van der Waals surface area contributed by atoms with Crippen LogP contribution in [0.15, 0.2) is 30.3 Å². The van der Waals surface area contributed by atoms with Crippen molar-refractivity contribution < 1.29 is 19.1 Å². The van der Waals surface area contributed by atoms with E-state index in [9.17, 15) is 14.4 Å². The second kappa shape index (κ2) is 7.34. The number of ketones is 1. The minimum absolute atomic E-state index is 0.0694. The number of benzene rings is 1. The number of nitrogens with zero attached hydrogens (tertiary/aromatic N) is 2. The molecule has 0 radical (unpaired) electrons. The van der Waals surface area contributed by atoms with Gasteiger partial charge >= 0.3 is 5.97 Å². The molecule has 1 amide bonds. The molecule has 0 unspecified atom stereocenters. The fourth-order valence-corrected chi connectivity index (χ4v) is 2.94. The number of rotatable bonds is 5. The van der Waals surface area contributed by atoms with Crippen LogP contribution in [0.4, 0.5) is 0 Å². The highest BCUT2D eigenvalue weighted by atomic mass is 16.5. The number of esters is 1. The van der Waals surface area contributed by atoms with Crippen molar-refractivity contribution in [2.45, 2.75) is 13.8 Å². The Morgan fingerprint density at radius 2 is 1.72 bits per heavy atom. The van der Waals surface area contributed by atoms with E-state index in [-0.39, 0.29) is 18.2 Å². The normalized spacial score (nSPS) is 10.4. The molecule has 0 aliphatic carbocycles. The zero-order chi connectivity index (χ0) is 18.7. The van der Waals surface area contributed by atoms with Gasteiger partial charge in [0.2, 0.25) is 0 Å². The molecule has 0 N–H and O–H groups in total. The van der Waals surface area contributed by atoms with Crippen LogP contribution in [-0.2, 0) is 11.8 Å². The van der Waals surface area contributed by atoms with E-state index < -0.39 is 5.97 Å². The quantitative estimate of drug-likeness (QED) is 0.618. The Labute approximate surface area is 147 Å². The summed E-state index contributed by atoms with van der Waals surface area (Å²) in [7, 11) is 4.60. The summed E-state index contributed by atoms with van der Waals surface area (Å²) in [6.45, 7) is 3.41. The lowest BCUT2D eigenvalue weighted by atomic mass is 10.0. The number of methoxy groups -OCH3 is 1. The average Bonchev–Trinajstić information content (AvgIpc) is 2.83. The van der Waals surface area contributed by atoms with Gasteiger partial charge in [0.1, 0.15) is 5.69 Å². The first-order chi connectivity index (χ1) is 11.8. The topological polar surface area (TPSA) is 68.6 Å². The van der Waals surface area contributed by atoms with Crippen molar-refractivity contribution in [2.75, 3.05) is 20.7 Å². The van der Waals surface area contributed by atoms with Crippen LogP contribution in [0.2, 0.25) is 0 Å². The van der Waals surface area contributed by atoms with Gasteiger partial charge in [-0.05, 0) is 31.5 Å². The van der Waals surface area contributed by atoms with Crippen LogP contribution >= 0.6 is 0 Å². The van der Waals surface area contributed by atoms with Gasteiger partial charge in [-0.2, -0.15) is 0 Å². The van der Waals surface area contributed by atoms with E-state index in [1.54, 1.807) is 56.8 Å². The maximum absolute atomic E-state index is 12.7. The molecule has 1 heterocycles. The largest absolute Gasteiger partial charge is 0.464 e. The summed E-state index contributed by atoms with van der Waals surface area (Å²) in [5.41, 5.74) is 2.56. The lowest BCUT2D eigenvalue weighted by Gasteiger charge is -2.16. The van der Waals surface area contributed by atoms with Gasteiger partial charge in [-0.3, -0.25) is 9.59 Å². The molecule has 1 aromatic heterocycles. The van der Waals surface area contributed by atoms with Crippen molar-refractivity contribution in [1.29, 1.82) is 0 Å². The summed E-state index contributed by atoms with van der Waals surface area (Å²) < 4.78 is 6.43. The molecule has 0 spiro atoms. The Bertz CT molecular complexity index is 822. The minimum Gasteiger partial charge on any atom is -0.464 e. The monoisotopic (exact) mass is 342 g/mol. The number of amides is 1. The molecule has 2 aromatic rings. The van der Waals surface area contributed by atoms with E-state index in [4.69, 9.17) is 4.74 Å². The van der Waals surface area contributed by atoms with Crippen molar-refractivity contribution in [3.8, 4) is 0 Å². The molecule has 0 aliphatic heterocycles. The Morgan fingerprint density at radius 3 is 2.28 bits per heavy atom. The third-order valence-electron chi connectivity index (χ3n) is 4.34. The van der Waals surface area contributed by atoms with E-state index in [2.05, 4.69) is 0 Å². The highest BCUT2D eigenvalue weighted by Crippen LogP contribution is 2.22. The number of likely N-dealkylation sites (N-methyl/N-ethyl adjacent to an activating group) is 1. The van der Waals surface area contributed by atoms with E-state index in [1.165, 1.54) is 12.0 Å². The lowest BCUT2D eigenvalue weighted by molar-refractivity contribution is 0.0588. The number of Topliss-reactive ketones (excluding diaryl/α,β-unsaturated/α-hetero) is 1. The van der Waals surface area contributed by atoms with Gasteiger partial charge in [0.05, 0.1) is 13.7 Å². The zero-order valence-corrected chi connectivity index (χ0v) is 15.1. The Balaban J connectivity index is 2.27. The molecule has 1 aromatic carbocycles. The highest BCUT2D eigenvalue weighted by Gasteiger charge is 2.26. The van der Waals surface area contributed by atoms with Crippen molar-refractivity contribution in [2.24, 2.45) is 7.05 Å². The van der Waals surface area contributed by atoms with Crippen molar-refractivity contribution in [1.82, 2.24) is 9.47 Å². The van der Waals surface area contributed by atoms with Crippen LogP contribution in [0.3, 0.4) is 0 Å². The predicted octanol–water partition coefficient (Wildman–Crippen LogP) is 2.38. The molecule has 0 bridgehead atoms. The van der Waals surface area contributed by atoms with Crippen LogP contribution in [-0.4, -0.2) is 47.8 Å². The molecule has 6 heteroatoms. The van der Waals surface area contributed by atoms with E-state index in [0.29, 0.717) is 28.1 Å². The predicted molar refractivity (Wildman–Crippen MR) is 94.0 cm³/mol. The molecule has 0 fully saturated rings. The molecule has 0 saturated heterocycles. The fourth-order valence-electron chi connectivity index (χ4n) is 2.94. The smallest absolute Gasteiger partial charge is 0.354 e. The zero-order valence-electron chi connectivity index (χ0n) is 15.1. The van der Waals surface area contributed by atoms with Gasteiger partial charge in [0, 0.05) is 30.9 Å². The van der Waals surface area contributed by atoms with Crippen LogP contribution in [0.1, 0.15) is 42.5 Å². The lowest BCUT2D eigenvalue weighted by Crippen LogP contribution is -2.32. The number of carbonyl (C=O) groups excluding carboxylic acids is 3. The Kier molecular flexibility index (Phi) is 5.41. The molecule has 0 atom stereocenters. The van der Waals surface area contributed by atoms with Crippen molar-refractivity contribution >= 4 is 17.7 Å². The number of aromatic nitrogens is 1. The van der Waals surface area contributed by atoms with Crippen molar-refractivity contribution in [3.63, 3.8) is 0 Å². The van der Waals surface area contributed by atoms with Gasteiger partial charge in [-0.1, -0.05) is 18.2 Å². The van der Waals surface area contributed by atoms with E-state index in [1.807, 2.05) is 6.07 Å². The average molecular weight is 342 g/mol. The number of carbonyl (C=O) groups is 3. The number of ether oxygens (including phenoxy) is 1. The standard InChI is InChI=1S/C19H22N2O4/c1-12-16(13(2)21(4)17(12)19(24)25-5)15(22)11-20(3)18(23)14-9-7-6-8-10-14/h6-10H,11H2,1-5H3. The van der Waals surface area contributed by atoms with Gasteiger partial charge in [0.25, 0.3) is 5.91 Å². The molecular formula is C19H22N2O4. The molecule has 0 aliphatic rings. The molecular weight excluding hydrogens is 320 g/mol. The molecule has 6 nitrogen and oxygen atoms in total. The Hall–Kier alpha value is -2.89. The van der Waals surface area contributed by atoms with Crippen LogP contribution < -0.4 is 0 Å². The minimum atomic E-state index is -0.490. The second-order valence-corrected chi connectivity index (χ2v) is 5.94. The van der Waals surface area contributed by atoms with Crippen LogP contribution in [0.25, 0.3) is 0 Å². The molecule has 2 rings (SSSR count). The summed E-state index contributed by atoms with van der Waals surface area (Å²) in [4.78, 5) is 38.5. The first-order valence-corrected chi connectivity index (χ1v) is 7.87. The summed E-state index contributed by atoms with van der Waals surface area (Å²) in [5.74, 6) is -0.934. The van der Waals surface area contributed by atoms with E-state index >= 15 is 0 Å². The molecule has 132 valence electrons. The third-order valence-corrected chi connectivity index (χ3v) is 4.34. The first kappa shape index (κ1) is 18.4. The Morgan fingerprint density at radius 1 is 1.12 bits per heavy atom. The summed E-state index contributed by atoms with van der Waals surface area (Å²) in [6.07, 6.45) is 0. The summed E-state index contributed by atoms with van der Waals surface area (Å²) in [5, 5.41) is 0. The maximum Gasteiger partial charge on any atom is 0.354 e. The SMILES string of the molecule is COC(=O)c1c(C)c(C(=O)CN(C)C(=O)c2ccccc2)c(C)n1C. The first-order valence-electron chi connectivity index (χ1n) is 7.87. The second-order valence-electron chi connectivity index (χ2n) is 5.94. The van der Waals surface area contributed by atoms with Crippen LogP contribution in [0, 0.1) is 13.8 Å². The molecule has 0 saturated carbocycles. The van der Waals surface area contributed by atoms with Crippen LogP contribution in [0.5, 0.6) is 0 Å². The maximum atomic E-state index is 12.7. The van der Waals surface area contributed by atoms with Gasteiger partial charge in [-0.15, -0.1) is 0 Å². The fraction of sp³-hybridized carbons (Fsp3) is 0.316. The third kappa shape index (κ3) is 3.47.